The Labute approximate surface area is 118 Å². The van der Waals surface area contributed by atoms with Gasteiger partial charge in [-0.15, -0.1) is 0 Å². The van der Waals surface area contributed by atoms with E-state index in [4.69, 9.17) is 0 Å². The van der Waals surface area contributed by atoms with Crippen LogP contribution in [0.4, 0.5) is 0 Å². The van der Waals surface area contributed by atoms with Gasteiger partial charge < -0.3 is 5.32 Å². The maximum atomic E-state index is 12.3. The maximum Gasteiger partial charge on any atom is 0.340 e. The van der Waals surface area contributed by atoms with Crippen molar-refractivity contribution in [2.75, 3.05) is 0 Å². The second kappa shape index (κ2) is 5.45. The molecular weight excluding hydrogens is 272 g/mol. The number of aromatic nitrogens is 5. The molecule has 3 aromatic rings. The van der Waals surface area contributed by atoms with Crippen molar-refractivity contribution in [1.82, 2.24) is 30.3 Å². The number of amides is 1. The predicted molar refractivity (Wildman–Crippen MR) is 73.9 cm³/mol. The minimum Gasteiger partial charge on any atom is -0.345 e. The molecule has 106 valence electrons. The van der Waals surface area contributed by atoms with Gasteiger partial charge in [-0.1, -0.05) is 12.1 Å². The van der Waals surface area contributed by atoms with Crippen molar-refractivity contribution in [3.63, 3.8) is 0 Å². The Kier molecular flexibility index (Phi) is 3.34. The van der Waals surface area contributed by atoms with Gasteiger partial charge in [0.15, 0.2) is 0 Å². The van der Waals surface area contributed by atoms with Gasteiger partial charge in [-0.2, -0.15) is 10.2 Å². The Morgan fingerprint density at radius 2 is 2.14 bits per heavy atom. The third-order valence-corrected chi connectivity index (χ3v) is 2.87. The highest BCUT2D eigenvalue weighted by Crippen LogP contribution is 2.13. The maximum absolute atomic E-state index is 12.3. The van der Waals surface area contributed by atoms with E-state index in [2.05, 4.69) is 25.6 Å². The third kappa shape index (κ3) is 2.73. The van der Waals surface area contributed by atoms with Crippen molar-refractivity contribution in [3.8, 4) is 5.69 Å². The van der Waals surface area contributed by atoms with Crippen molar-refractivity contribution in [2.24, 2.45) is 0 Å². The van der Waals surface area contributed by atoms with Gasteiger partial charge in [0, 0.05) is 12.4 Å². The molecule has 0 saturated heterocycles. The number of nitrogens with zero attached hydrogens (tertiary/aromatic N) is 3. The van der Waals surface area contributed by atoms with E-state index in [-0.39, 0.29) is 12.5 Å². The molecule has 2 heterocycles. The van der Waals surface area contributed by atoms with E-state index >= 15 is 0 Å². The molecule has 0 aliphatic heterocycles. The predicted octanol–water partition coefficient (Wildman–Crippen LogP) is 0.214. The van der Waals surface area contributed by atoms with E-state index in [1.807, 2.05) is 6.07 Å². The molecule has 3 rings (SSSR count). The summed E-state index contributed by atoms with van der Waals surface area (Å²) in [6, 6.07) is 8.90. The molecule has 0 aliphatic rings. The molecule has 1 amide bonds. The molecule has 2 aromatic heterocycles. The standard InChI is InChI=1S/C13H12N6O2/c20-12(14-8-11-16-13(21)18-17-11)9-4-1-2-5-10(9)19-7-3-6-15-19/h1-7H,8H2,(H,14,20)(H2,16,17,18,21). The summed E-state index contributed by atoms with van der Waals surface area (Å²) in [5, 5.41) is 12.8. The lowest BCUT2D eigenvalue weighted by atomic mass is 10.1. The van der Waals surface area contributed by atoms with E-state index in [9.17, 15) is 9.59 Å². The van der Waals surface area contributed by atoms with E-state index in [0.717, 1.165) is 0 Å². The number of aromatic amines is 2. The Morgan fingerprint density at radius 1 is 1.29 bits per heavy atom. The summed E-state index contributed by atoms with van der Waals surface area (Å²) in [6.45, 7) is 0.130. The Morgan fingerprint density at radius 3 is 2.86 bits per heavy atom. The molecule has 1 aromatic carbocycles. The fourth-order valence-corrected chi connectivity index (χ4v) is 1.92. The number of H-pyrrole nitrogens is 2. The normalized spacial score (nSPS) is 10.5. The Balaban J connectivity index is 1.80. The molecule has 3 N–H and O–H groups in total. The zero-order valence-corrected chi connectivity index (χ0v) is 10.9. The molecule has 8 nitrogen and oxygen atoms in total. The lowest BCUT2D eigenvalue weighted by Crippen LogP contribution is -2.25. The lowest BCUT2D eigenvalue weighted by Gasteiger charge is -2.09. The molecule has 0 saturated carbocycles. The molecule has 0 fully saturated rings. The summed E-state index contributed by atoms with van der Waals surface area (Å²) in [4.78, 5) is 25.6. The van der Waals surface area contributed by atoms with Crippen LogP contribution in [0.25, 0.3) is 5.69 Å². The van der Waals surface area contributed by atoms with Gasteiger partial charge in [-0.3, -0.25) is 9.78 Å². The summed E-state index contributed by atoms with van der Waals surface area (Å²) >= 11 is 0. The summed E-state index contributed by atoms with van der Waals surface area (Å²) in [6.07, 6.45) is 3.40. The van der Waals surface area contributed by atoms with Crippen LogP contribution < -0.4 is 11.0 Å². The first kappa shape index (κ1) is 12.9. The highest BCUT2D eigenvalue weighted by Gasteiger charge is 2.12. The second-order valence-corrected chi connectivity index (χ2v) is 4.27. The summed E-state index contributed by atoms with van der Waals surface area (Å²) in [7, 11) is 0. The first-order valence-electron chi connectivity index (χ1n) is 6.25. The monoisotopic (exact) mass is 284 g/mol. The summed E-state index contributed by atoms with van der Waals surface area (Å²) in [5.74, 6) is 0.0925. The number of carbonyl (C=O) groups is 1. The zero-order valence-electron chi connectivity index (χ0n) is 10.9. The van der Waals surface area contributed by atoms with Crippen LogP contribution in [0.5, 0.6) is 0 Å². The largest absolute Gasteiger partial charge is 0.345 e. The molecule has 0 spiro atoms. The Hall–Kier alpha value is -3.16. The zero-order chi connectivity index (χ0) is 14.7. The van der Waals surface area contributed by atoms with Crippen LogP contribution in [0.15, 0.2) is 47.5 Å². The van der Waals surface area contributed by atoms with Gasteiger partial charge in [0.25, 0.3) is 5.91 Å². The molecule has 0 radical (unpaired) electrons. The van der Waals surface area contributed by atoms with E-state index in [1.165, 1.54) is 0 Å². The highest BCUT2D eigenvalue weighted by atomic mass is 16.2. The summed E-state index contributed by atoms with van der Waals surface area (Å²) < 4.78 is 1.62. The van der Waals surface area contributed by atoms with Crippen molar-refractivity contribution >= 4 is 5.91 Å². The van der Waals surface area contributed by atoms with Gasteiger partial charge >= 0.3 is 5.69 Å². The topological polar surface area (TPSA) is 108 Å². The smallest absolute Gasteiger partial charge is 0.340 e. The minimum atomic E-state index is -0.406. The fourth-order valence-electron chi connectivity index (χ4n) is 1.92. The van der Waals surface area contributed by atoms with Crippen molar-refractivity contribution in [3.05, 3.63) is 64.6 Å². The molecule has 0 atom stereocenters. The second-order valence-electron chi connectivity index (χ2n) is 4.27. The van der Waals surface area contributed by atoms with E-state index in [1.54, 1.807) is 41.3 Å². The molecule has 8 heteroatoms. The highest BCUT2D eigenvalue weighted by molar-refractivity contribution is 5.97. The molecular formula is C13H12N6O2. The quantitative estimate of drug-likeness (QED) is 0.636. The number of benzene rings is 1. The number of nitrogens with one attached hydrogen (secondary N) is 3. The number of hydrogen-bond acceptors (Lipinski definition) is 4. The third-order valence-electron chi connectivity index (χ3n) is 2.87. The molecule has 0 unspecified atom stereocenters. The van der Waals surface area contributed by atoms with Crippen molar-refractivity contribution < 1.29 is 4.79 Å². The van der Waals surface area contributed by atoms with Gasteiger partial charge in [-0.05, 0) is 18.2 Å². The number of carbonyl (C=O) groups excluding carboxylic acids is 1. The van der Waals surface area contributed by atoms with Crippen molar-refractivity contribution in [1.29, 1.82) is 0 Å². The van der Waals surface area contributed by atoms with E-state index < -0.39 is 5.69 Å². The van der Waals surface area contributed by atoms with Gasteiger partial charge in [0.05, 0.1) is 17.8 Å². The minimum absolute atomic E-state index is 0.130. The van der Waals surface area contributed by atoms with Crippen LogP contribution in [-0.4, -0.2) is 30.9 Å². The van der Waals surface area contributed by atoms with Crippen LogP contribution in [0, 0.1) is 0 Å². The number of hydrogen-bond donors (Lipinski definition) is 3. The van der Waals surface area contributed by atoms with Crippen LogP contribution >= 0.6 is 0 Å². The average Bonchev–Trinajstić information content (AvgIpc) is 3.16. The SMILES string of the molecule is O=C(NCc1n[nH]c(=O)[nH]1)c1ccccc1-n1cccn1. The first-order chi connectivity index (χ1) is 10.2. The Bertz CT molecular complexity index is 802. The fraction of sp³-hybridized carbons (Fsp3) is 0.0769. The van der Waals surface area contributed by atoms with Crippen LogP contribution in [0.2, 0.25) is 0 Å². The lowest BCUT2D eigenvalue weighted by molar-refractivity contribution is 0.0950. The van der Waals surface area contributed by atoms with Crippen LogP contribution in [0.3, 0.4) is 0 Å². The number of rotatable bonds is 4. The molecule has 0 aliphatic carbocycles. The van der Waals surface area contributed by atoms with Crippen LogP contribution in [-0.2, 0) is 6.54 Å². The molecule has 0 bridgehead atoms. The molecule has 21 heavy (non-hydrogen) atoms. The summed E-state index contributed by atoms with van der Waals surface area (Å²) in [5.41, 5.74) is 0.755. The van der Waals surface area contributed by atoms with Gasteiger partial charge in [-0.25, -0.2) is 14.6 Å². The van der Waals surface area contributed by atoms with Crippen LogP contribution in [0.1, 0.15) is 16.2 Å². The van der Waals surface area contributed by atoms with Gasteiger partial charge in [0.1, 0.15) is 5.82 Å². The van der Waals surface area contributed by atoms with E-state index in [0.29, 0.717) is 17.1 Å². The number of para-hydroxylation sites is 1. The van der Waals surface area contributed by atoms with Crippen molar-refractivity contribution in [2.45, 2.75) is 6.54 Å². The average molecular weight is 284 g/mol. The first-order valence-corrected chi connectivity index (χ1v) is 6.25. The van der Waals surface area contributed by atoms with Gasteiger partial charge in [0.2, 0.25) is 0 Å².